The number of carbonyl (C=O) groups excluding carboxylic acids is 1. The van der Waals surface area contributed by atoms with Crippen molar-refractivity contribution in [1.82, 2.24) is 15.3 Å². The molecular weight excluding hydrogens is 343 g/mol. The first-order chi connectivity index (χ1) is 12.9. The molecule has 3 aromatic rings. The van der Waals surface area contributed by atoms with E-state index >= 15 is 0 Å². The molecule has 0 aliphatic carbocycles. The van der Waals surface area contributed by atoms with E-state index in [4.69, 9.17) is 0 Å². The van der Waals surface area contributed by atoms with Gasteiger partial charge in [-0.3, -0.25) is 4.79 Å². The Morgan fingerprint density at radius 3 is 2.52 bits per heavy atom. The lowest BCUT2D eigenvalue weighted by Crippen LogP contribution is -2.40. The minimum absolute atomic E-state index is 0.0613. The number of benzene rings is 2. The van der Waals surface area contributed by atoms with Gasteiger partial charge >= 0.3 is 0 Å². The molecule has 1 atom stereocenters. The maximum atomic E-state index is 14.0. The molecule has 0 radical (unpaired) electrons. The van der Waals surface area contributed by atoms with E-state index in [0.29, 0.717) is 17.6 Å². The normalized spacial score (nSPS) is 12.0. The minimum atomic E-state index is -0.500. The monoisotopic (exact) mass is 366 g/mol. The van der Waals surface area contributed by atoms with Gasteiger partial charge < -0.3 is 10.2 Å². The summed E-state index contributed by atoms with van der Waals surface area (Å²) in [6, 6.07) is 12.5. The standard InChI is InChI=1S/C21H23FN4O/c1-13(26(4)17-8-6-5-7-9-17)12-23-21(27)18-10-16(22)11-19-20(18)25-15(3)14(2)24-19/h5-11,13H,12H2,1-4H3,(H,23,27)/t13-/m0/s1. The number of aryl methyl sites for hydroxylation is 2. The minimum Gasteiger partial charge on any atom is -0.370 e. The zero-order valence-electron chi connectivity index (χ0n) is 16.0. The number of fused-ring (bicyclic) bond motifs is 1. The van der Waals surface area contributed by atoms with Crippen molar-refractivity contribution >= 4 is 22.6 Å². The van der Waals surface area contributed by atoms with Crippen LogP contribution in [0.25, 0.3) is 11.0 Å². The summed E-state index contributed by atoms with van der Waals surface area (Å²) >= 11 is 0. The number of para-hydroxylation sites is 1. The van der Waals surface area contributed by atoms with Gasteiger partial charge in [-0.2, -0.15) is 0 Å². The highest BCUT2D eigenvalue weighted by atomic mass is 19.1. The summed E-state index contributed by atoms with van der Waals surface area (Å²) in [5, 5.41) is 2.89. The maximum Gasteiger partial charge on any atom is 0.253 e. The van der Waals surface area contributed by atoms with Crippen LogP contribution in [0.2, 0.25) is 0 Å². The van der Waals surface area contributed by atoms with E-state index in [1.807, 2.05) is 58.2 Å². The van der Waals surface area contributed by atoms with Gasteiger partial charge in [-0.15, -0.1) is 0 Å². The molecule has 1 heterocycles. The Labute approximate surface area is 158 Å². The Hall–Kier alpha value is -3.02. The quantitative estimate of drug-likeness (QED) is 0.749. The molecule has 0 saturated heterocycles. The van der Waals surface area contributed by atoms with Crippen molar-refractivity contribution < 1.29 is 9.18 Å². The second kappa shape index (κ2) is 7.70. The molecule has 6 heteroatoms. The van der Waals surface area contributed by atoms with E-state index in [2.05, 4.69) is 20.2 Å². The Kier molecular flexibility index (Phi) is 5.35. The van der Waals surface area contributed by atoms with E-state index in [-0.39, 0.29) is 17.5 Å². The van der Waals surface area contributed by atoms with Crippen LogP contribution in [0.3, 0.4) is 0 Å². The van der Waals surface area contributed by atoms with Crippen molar-refractivity contribution in [3.8, 4) is 0 Å². The zero-order valence-corrected chi connectivity index (χ0v) is 16.0. The van der Waals surface area contributed by atoms with Gasteiger partial charge in [0.25, 0.3) is 5.91 Å². The first kappa shape index (κ1) is 18.8. The number of nitrogens with one attached hydrogen (secondary N) is 1. The van der Waals surface area contributed by atoms with Gasteiger partial charge in [0.05, 0.1) is 22.5 Å². The van der Waals surface area contributed by atoms with Crippen molar-refractivity contribution in [3.63, 3.8) is 0 Å². The molecule has 0 fully saturated rings. The highest BCUT2D eigenvalue weighted by Crippen LogP contribution is 2.19. The third-order valence-electron chi connectivity index (χ3n) is 4.77. The van der Waals surface area contributed by atoms with E-state index < -0.39 is 5.82 Å². The average Bonchev–Trinajstić information content (AvgIpc) is 2.66. The summed E-state index contributed by atoms with van der Waals surface area (Å²) in [7, 11) is 1.97. The maximum absolute atomic E-state index is 14.0. The van der Waals surface area contributed by atoms with E-state index in [9.17, 15) is 9.18 Å². The Morgan fingerprint density at radius 1 is 1.15 bits per heavy atom. The largest absolute Gasteiger partial charge is 0.370 e. The van der Waals surface area contributed by atoms with Crippen LogP contribution in [0.5, 0.6) is 0 Å². The van der Waals surface area contributed by atoms with Crippen LogP contribution in [0, 0.1) is 19.7 Å². The molecule has 1 aromatic heterocycles. The van der Waals surface area contributed by atoms with Crippen LogP contribution in [0.15, 0.2) is 42.5 Å². The third-order valence-corrected chi connectivity index (χ3v) is 4.77. The topological polar surface area (TPSA) is 58.1 Å². The lowest BCUT2D eigenvalue weighted by molar-refractivity contribution is 0.0952. The molecule has 3 rings (SSSR count). The predicted molar refractivity (Wildman–Crippen MR) is 106 cm³/mol. The zero-order chi connectivity index (χ0) is 19.6. The number of likely N-dealkylation sites (N-methyl/N-ethyl adjacent to an activating group) is 1. The van der Waals surface area contributed by atoms with Crippen molar-refractivity contribution in [1.29, 1.82) is 0 Å². The van der Waals surface area contributed by atoms with Gasteiger partial charge in [0.2, 0.25) is 0 Å². The Balaban J connectivity index is 1.79. The lowest BCUT2D eigenvalue weighted by Gasteiger charge is -2.27. The van der Waals surface area contributed by atoms with Gasteiger partial charge in [0, 0.05) is 31.4 Å². The SMILES string of the molecule is Cc1nc2cc(F)cc(C(=O)NC[C@H](C)N(C)c3ccccc3)c2nc1C. The molecule has 0 saturated carbocycles. The van der Waals surface area contributed by atoms with Crippen LogP contribution < -0.4 is 10.2 Å². The third kappa shape index (κ3) is 4.05. The highest BCUT2D eigenvalue weighted by Gasteiger charge is 2.17. The van der Waals surface area contributed by atoms with Gasteiger partial charge in [0.15, 0.2) is 0 Å². The molecule has 27 heavy (non-hydrogen) atoms. The van der Waals surface area contributed by atoms with Gasteiger partial charge in [-0.1, -0.05) is 18.2 Å². The van der Waals surface area contributed by atoms with Crippen molar-refractivity contribution in [2.75, 3.05) is 18.5 Å². The van der Waals surface area contributed by atoms with Crippen LogP contribution in [0.4, 0.5) is 10.1 Å². The number of halogens is 1. The molecule has 0 aliphatic rings. The average molecular weight is 366 g/mol. The van der Waals surface area contributed by atoms with E-state index in [0.717, 1.165) is 17.1 Å². The number of nitrogens with zero attached hydrogens (tertiary/aromatic N) is 3. The molecule has 0 bridgehead atoms. The second-order valence-electron chi connectivity index (χ2n) is 6.72. The summed E-state index contributed by atoms with van der Waals surface area (Å²) < 4.78 is 14.0. The fourth-order valence-electron chi connectivity index (χ4n) is 2.86. The fourth-order valence-corrected chi connectivity index (χ4v) is 2.86. The van der Waals surface area contributed by atoms with Crippen LogP contribution in [-0.4, -0.2) is 35.5 Å². The van der Waals surface area contributed by atoms with Crippen LogP contribution in [0.1, 0.15) is 28.7 Å². The summed E-state index contributed by atoms with van der Waals surface area (Å²) in [6.07, 6.45) is 0. The predicted octanol–water partition coefficient (Wildman–Crippen LogP) is 3.64. The number of anilines is 1. The van der Waals surface area contributed by atoms with Gasteiger partial charge in [-0.25, -0.2) is 14.4 Å². The molecule has 1 amide bonds. The van der Waals surface area contributed by atoms with E-state index in [1.54, 1.807) is 0 Å². The molecular formula is C21H23FN4O. The lowest BCUT2D eigenvalue weighted by atomic mass is 10.1. The first-order valence-corrected chi connectivity index (χ1v) is 8.87. The molecule has 2 aromatic carbocycles. The van der Waals surface area contributed by atoms with Crippen molar-refractivity contribution in [3.05, 3.63) is 65.2 Å². The molecule has 0 unspecified atom stereocenters. The fraction of sp³-hybridized carbons (Fsp3) is 0.286. The van der Waals surface area contributed by atoms with Gasteiger partial charge in [-0.05, 0) is 39.0 Å². The summed E-state index contributed by atoms with van der Waals surface area (Å²) in [5.41, 5.74) is 3.51. The van der Waals surface area contributed by atoms with Crippen molar-refractivity contribution in [2.24, 2.45) is 0 Å². The molecule has 5 nitrogen and oxygen atoms in total. The molecule has 0 spiro atoms. The number of amides is 1. The van der Waals surface area contributed by atoms with Crippen molar-refractivity contribution in [2.45, 2.75) is 26.8 Å². The number of hydrogen-bond acceptors (Lipinski definition) is 4. The Morgan fingerprint density at radius 2 is 1.81 bits per heavy atom. The van der Waals surface area contributed by atoms with Gasteiger partial charge in [0.1, 0.15) is 11.3 Å². The number of carbonyl (C=O) groups is 1. The number of aromatic nitrogens is 2. The number of hydrogen-bond donors (Lipinski definition) is 1. The summed E-state index contributed by atoms with van der Waals surface area (Å²) in [4.78, 5) is 23.6. The highest BCUT2D eigenvalue weighted by molar-refractivity contribution is 6.04. The Bertz CT molecular complexity index is 975. The van der Waals surface area contributed by atoms with Crippen LogP contribution in [-0.2, 0) is 0 Å². The molecule has 0 aliphatic heterocycles. The second-order valence-corrected chi connectivity index (χ2v) is 6.72. The smallest absolute Gasteiger partial charge is 0.253 e. The summed E-state index contributed by atoms with van der Waals surface area (Å²) in [6.45, 7) is 6.07. The number of rotatable bonds is 5. The molecule has 140 valence electrons. The molecule has 1 N–H and O–H groups in total. The van der Waals surface area contributed by atoms with E-state index in [1.165, 1.54) is 12.1 Å². The van der Waals surface area contributed by atoms with Crippen LogP contribution >= 0.6 is 0 Å². The summed E-state index contributed by atoms with van der Waals surface area (Å²) in [5.74, 6) is -0.856. The first-order valence-electron chi connectivity index (χ1n) is 8.87.